The molecule has 0 aromatic rings. The van der Waals surface area contributed by atoms with Gasteiger partial charge in [0, 0.05) is 0 Å². The predicted molar refractivity (Wildman–Crippen MR) is 39.2 cm³/mol. The van der Waals surface area contributed by atoms with Crippen LogP contribution in [-0.2, 0) is 0 Å². The Morgan fingerprint density at radius 1 is 1.22 bits per heavy atom. The first-order chi connectivity index (χ1) is 4.33. The lowest BCUT2D eigenvalue weighted by Gasteiger charge is -2.09. The van der Waals surface area contributed by atoms with E-state index < -0.39 is 0 Å². The summed E-state index contributed by atoms with van der Waals surface area (Å²) in [6, 6.07) is 0. The van der Waals surface area contributed by atoms with Gasteiger partial charge < -0.3 is 0 Å². The molecule has 2 rings (SSSR count). The summed E-state index contributed by atoms with van der Waals surface area (Å²) in [6.45, 7) is 4.78. The maximum Gasteiger partial charge on any atom is -0.0352 e. The normalized spacial score (nSPS) is 55.3. The number of hydrogen-bond donors (Lipinski definition) is 0. The molecule has 0 radical (unpaired) electrons. The van der Waals surface area contributed by atoms with E-state index in [1.807, 2.05) is 0 Å². The average molecular weight is 124 g/mol. The molecule has 4 unspecified atom stereocenters. The predicted octanol–water partition coefficient (Wildman–Crippen LogP) is 2.69. The Hall–Kier alpha value is 0. The SMILES string of the molecule is CCC1CC(C)C2CC12. The molecule has 9 heavy (non-hydrogen) atoms. The monoisotopic (exact) mass is 124 g/mol. The van der Waals surface area contributed by atoms with Crippen molar-refractivity contribution < 1.29 is 0 Å². The van der Waals surface area contributed by atoms with Gasteiger partial charge in [0.1, 0.15) is 0 Å². The molecular weight excluding hydrogens is 108 g/mol. The van der Waals surface area contributed by atoms with Gasteiger partial charge in [0.2, 0.25) is 0 Å². The number of hydrogen-bond acceptors (Lipinski definition) is 0. The Labute approximate surface area is 57.6 Å². The molecule has 4 atom stereocenters. The first-order valence-electron chi connectivity index (χ1n) is 4.33. The molecule has 0 aliphatic heterocycles. The molecule has 2 aliphatic carbocycles. The fourth-order valence-corrected chi connectivity index (χ4v) is 2.73. The zero-order valence-corrected chi connectivity index (χ0v) is 6.43. The largest absolute Gasteiger partial charge is 0.0651 e. The minimum atomic E-state index is 1.07. The van der Waals surface area contributed by atoms with Gasteiger partial charge in [-0.2, -0.15) is 0 Å². The molecule has 0 heterocycles. The van der Waals surface area contributed by atoms with Gasteiger partial charge in [-0.05, 0) is 36.5 Å². The van der Waals surface area contributed by atoms with E-state index in [0.29, 0.717) is 0 Å². The maximum absolute atomic E-state index is 2.43. The molecular formula is C9H16. The lowest BCUT2D eigenvalue weighted by atomic mass is 9.97. The Morgan fingerprint density at radius 3 is 2.22 bits per heavy atom. The third-order valence-corrected chi connectivity index (χ3v) is 3.43. The van der Waals surface area contributed by atoms with Crippen molar-refractivity contribution in [3.63, 3.8) is 0 Å². The van der Waals surface area contributed by atoms with E-state index in [1.54, 1.807) is 6.42 Å². The molecule has 0 aromatic heterocycles. The molecule has 0 aromatic carbocycles. The van der Waals surface area contributed by atoms with Crippen LogP contribution in [-0.4, -0.2) is 0 Å². The summed E-state index contributed by atoms with van der Waals surface area (Å²) in [7, 11) is 0. The lowest BCUT2D eigenvalue weighted by molar-refractivity contribution is 0.422. The van der Waals surface area contributed by atoms with Gasteiger partial charge in [-0.25, -0.2) is 0 Å². The molecule has 2 saturated carbocycles. The van der Waals surface area contributed by atoms with Crippen LogP contribution in [0.4, 0.5) is 0 Å². The van der Waals surface area contributed by atoms with Crippen molar-refractivity contribution in [3.8, 4) is 0 Å². The third-order valence-electron chi connectivity index (χ3n) is 3.43. The van der Waals surface area contributed by atoms with E-state index in [2.05, 4.69) is 13.8 Å². The molecule has 52 valence electrons. The molecule has 0 saturated heterocycles. The first-order valence-corrected chi connectivity index (χ1v) is 4.33. The van der Waals surface area contributed by atoms with Gasteiger partial charge >= 0.3 is 0 Å². The third kappa shape index (κ3) is 0.720. The van der Waals surface area contributed by atoms with Crippen LogP contribution in [0, 0.1) is 23.7 Å². The van der Waals surface area contributed by atoms with E-state index >= 15 is 0 Å². The second kappa shape index (κ2) is 1.74. The van der Waals surface area contributed by atoms with Crippen LogP contribution in [0.3, 0.4) is 0 Å². The summed E-state index contributed by atoms with van der Waals surface area (Å²) in [6.07, 6.45) is 4.54. The highest BCUT2D eigenvalue weighted by atomic mass is 14.6. The molecule has 2 fully saturated rings. The second-order valence-corrected chi connectivity index (χ2v) is 3.94. The summed E-state index contributed by atoms with van der Waals surface area (Å²) in [5.41, 5.74) is 0. The molecule has 2 aliphatic rings. The van der Waals surface area contributed by atoms with Crippen molar-refractivity contribution in [2.45, 2.75) is 33.1 Å². The highest BCUT2D eigenvalue weighted by molar-refractivity contribution is 5.00. The average Bonchev–Trinajstić information content (AvgIpc) is 2.56. The van der Waals surface area contributed by atoms with E-state index in [-0.39, 0.29) is 0 Å². The van der Waals surface area contributed by atoms with Crippen LogP contribution in [0.15, 0.2) is 0 Å². The van der Waals surface area contributed by atoms with Gasteiger partial charge in [0.05, 0.1) is 0 Å². The Bertz CT molecular complexity index is 117. The van der Waals surface area contributed by atoms with Crippen LogP contribution in [0.1, 0.15) is 33.1 Å². The fourth-order valence-electron chi connectivity index (χ4n) is 2.73. The van der Waals surface area contributed by atoms with Crippen LogP contribution in [0.5, 0.6) is 0 Å². The Morgan fingerprint density at radius 2 is 2.00 bits per heavy atom. The summed E-state index contributed by atoms with van der Waals surface area (Å²) in [5.74, 6) is 4.52. The molecule has 0 heteroatoms. The van der Waals surface area contributed by atoms with Crippen molar-refractivity contribution in [2.24, 2.45) is 23.7 Å². The molecule has 0 N–H and O–H groups in total. The topological polar surface area (TPSA) is 0 Å². The maximum atomic E-state index is 2.43. The Kier molecular flexibility index (Phi) is 1.12. The van der Waals surface area contributed by atoms with Crippen LogP contribution >= 0.6 is 0 Å². The second-order valence-electron chi connectivity index (χ2n) is 3.94. The van der Waals surface area contributed by atoms with Crippen molar-refractivity contribution in [3.05, 3.63) is 0 Å². The van der Waals surface area contributed by atoms with Gasteiger partial charge in [0.15, 0.2) is 0 Å². The van der Waals surface area contributed by atoms with Gasteiger partial charge in [-0.15, -0.1) is 0 Å². The molecule has 0 bridgehead atoms. The lowest BCUT2D eigenvalue weighted by Crippen LogP contribution is -1.98. The number of fused-ring (bicyclic) bond motifs is 1. The quantitative estimate of drug-likeness (QED) is 0.504. The minimum Gasteiger partial charge on any atom is -0.0651 e. The minimum absolute atomic E-state index is 1.07. The first kappa shape index (κ1) is 5.76. The van der Waals surface area contributed by atoms with Crippen molar-refractivity contribution in [1.29, 1.82) is 0 Å². The zero-order chi connectivity index (χ0) is 6.43. The van der Waals surface area contributed by atoms with Gasteiger partial charge in [-0.1, -0.05) is 20.3 Å². The van der Waals surface area contributed by atoms with E-state index in [9.17, 15) is 0 Å². The highest BCUT2D eigenvalue weighted by Gasteiger charge is 2.51. The van der Waals surface area contributed by atoms with E-state index in [0.717, 1.165) is 17.8 Å². The fraction of sp³-hybridized carbons (Fsp3) is 1.00. The number of rotatable bonds is 1. The summed E-state index contributed by atoms with van der Waals surface area (Å²) in [4.78, 5) is 0. The Balaban J connectivity index is 2.00. The smallest absolute Gasteiger partial charge is 0.0352 e. The van der Waals surface area contributed by atoms with Gasteiger partial charge in [-0.3, -0.25) is 0 Å². The molecule has 0 spiro atoms. The summed E-state index contributed by atoms with van der Waals surface area (Å²) < 4.78 is 0. The van der Waals surface area contributed by atoms with Gasteiger partial charge in [0.25, 0.3) is 0 Å². The van der Waals surface area contributed by atoms with Crippen molar-refractivity contribution in [1.82, 2.24) is 0 Å². The van der Waals surface area contributed by atoms with Crippen LogP contribution < -0.4 is 0 Å². The van der Waals surface area contributed by atoms with Crippen molar-refractivity contribution in [2.75, 3.05) is 0 Å². The standard InChI is InChI=1S/C9H16/c1-3-7-4-6(2)8-5-9(7)8/h6-9H,3-5H2,1-2H3. The van der Waals surface area contributed by atoms with Crippen molar-refractivity contribution >= 4 is 0 Å². The highest BCUT2D eigenvalue weighted by Crippen LogP contribution is 2.59. The zero-order valence-electron chi connectivity index (χ0n) is 6.43. The van der Waals surface area contributed by atoms with Crippen LogP contribution in [0.2, 0.25) is 0 Å². The van der Waals surface area contributed by atoms with Crippen LogP contribution in [0.25, 0.3) is 0 Å². The molecule has 0 amide bonds. The summed E-state index contributed by atoms with van der Waals surface area (Å²) in [5, 5.41) is 0. The molecule has 0 nitrogen and oxygen atoms in total. The van der Waals surface area contributed by atoms with E-state index in [1.165, 1.54) is 18.8 Å². The summed E-state index contributed by atoms with van der Waals surface area (Å²) >= 11 is 0. The van der Waals surface area contributed by atoms with E-state index in [4.69, 9.17) is 0 Å².